The standard InChI is InChI=1S/C24H26Cl2N4O3/c1-15-9-17(16(2)30(15)13-20-5-4-8-33-20)10-18(12-27)24(32)29(3)14-23(31)28-19-6-7-21(25)22(26)11-19/h6-7,9-11,20H,4-5,8,13-14H2,1-3H3,(H,28,31)/b18-10+. The first kappa shape index (κ1) is 24.8. The van der Waals surface area contributed by atoms with Crippen molar-refractivity contribution in [1.29, 1.82) is 5.26 Å². The monoisotopic (exact) mass is 488 g/mol. The lowest BCUT2D eigenvalue weighted by molar-refractivity contribution is -0.129. The van der Waals surface area contributed by atoms with Crippen LogP contribution >= 0.6 is 23.2 Å². The van der Waals surface area contributed by atoms with Gasteiger partial charge in [0.05, 0.1) is 22.7 Å². The van der Waals surface area contributed by atoms with Gasteiger partial charge in [-0.1, -0.05) is 23.2 Å². The largest absolute Gasteiger partial charge is 0.376 e. The van der Waals surface area contributed by atoms with Gasteiger partial charge in [-0.3, -0.25) is 9.59 Å². The zero-order valence-electron chi connectivity index (χ0n) is 18.8. The zero-order chi connectivity index (χ0) is 24.1. The van der Waals surface area contributed by atoms with E-state index in [4.69, 9.17) is 27.9 Å². The van der Waals surface area contributed by atoms with Gasteiger partial charge in [0.2, 0.25) is 5.91 Å². The smallest absolute Gasteiger partial charge is 0.264 e. The van der Waals surface area contributed by atoms with Gasteiger partial charge < -0.3 is 19.5 Å². The molecular formula is C24H26Cl2N4O3. The van der Waals surface area contributed by atoms with Gasteiger partial charge >= 0.3 is 0 Å². The highest BCUT2D eigenvalue weighted by Gasteiger charge is 2.21. The van der Waals surface area contributed by atoms with Crippen molar-refractivity contribution >= 4 is 46.8 Å². The minimum atomic E-state index is -0.536. The molecule has 2 heterocycles. The van der Waals surface area contributed by atoms with E-state index < -0.39 is 11.8 Å². The number of nitrogens with one attached hydrogen (secondary N) is 1. The number of aryl methyl sites for hydroxylation is 1. The Morgan fingerprint density at radius 2 is 2.06 bits per heavy atom. The lowest BCUT2D eigenvalue weighted by Gasteiger charge is -2.16. The number of carbonyl (C=O) groups excluding carboxylic acids is 2. The second-order valence-corrected chi connectivity index (χ2v) is 8.89. The number of likely N-dealkylation sites (N-methyl/N-ethyl adjacent to an activating group) is 1. The van der Waals surface area contributed by atoms with Gasteiger partial charge in [0.25, 0.3) is 5.91 Å². The summed E-state index contributed by atoms with van der Waals surface area (Å²) in [7, 11) is 1.47. The number of benzene rings is 1. The van der Waals surface area contributed by atoms with Gasteiger partial charge in [-0.2, -0.15) is 5.26 Å². The van der Waals surface area contributed by atoms with E-state index in [1.165, 1.54) is 18.0 Å². The van der Waals surface area contributed by atoms with Crippen molar-refractivity contribution in [2.45, 2.75) is 39.3 Å². The SMILES string of the molecule is Cc1cc(/C=C(\C#N)C(=O)N(C)CC(=O)Nc2ccc(Cl)c(Cl)c2)c(C)n1CC1CCCO1. The van der Waals surface area contributed by atoms with E-state index in [2.05, 4.69) is 9.88 Å². The number of halogens is 2. The molecule has 9 heteroatoms. The van der Waals surface area contributed by atoms with E-state index in [9.17, 15) is 14.9 Å². The summed E-state index contributed by atoms with van der Waals surface area (Å²) in [6.07, 6.45) is 3.85. The highest BCUT2D eigenvalue weighted by molar-refractivity contribution is 6.42. The Morgan fingerprint density at radius 3 is 2.70 bits per heavy atom. The Labute approximate surface area is 203 Å². The van der Waals surface area contributed by atoms with Crippen molar-refractivity contribution in [3.8, 4) is 6.07 Å². The summed E-state index contributed by atoms with van der Waals surface area (Å²) in [5.41, 5.74) is 3.21. The molecule has 0 radical (unpaired) electrons. The summed E-state index contributed by atoms with van der Waals surface area (Å²) < 4.78 is 7.89. The molecule has 0 spiro atoms. The van der Waals surface area contributed by atoms with Gasteiger partial charge in [0.15, 0.2) is 0 Å². The van der Waals surface area contributed by atoms with Crippen molar-refractivity contribution in [3.63, 3.8) is 0 Å². The lowest BCUT2D eigenvalue weighted by Crippen LogP contribution is -2.35. The molecule has 174 valence electrons. The normalized spacial score (nSPS) is 15.9. The second kappa shape index (κ2) is 10.9. The van der Waals surface area contributed by atoms with Gasteiger partial charge in [-0.25, -0.2) is 0 Å². The van der Waals surface area contributed by atoms with Crippen LogP contribution in [0.1, 0.15) is 29.8 Å². The number of aromatic nitrogens is 1. The molecule has 1 aromatic heterocycles. The average molecular weight is 489 g/mol. The highest BCUT2D eigenvalue weighted by atomic mass is 35.5. The maximum Gasteiger partial charge on any atom is 0.264 e. The molecular weight excluding hydrogens is 463 g/mol. The van der Waals surface area contributed by atoms with Crippen LogP contribution in [0, 0.1) is 25.2 Å². The minimum Gasteiger partial charge on any atom is -0.376 e. The van der Waals surface area contributed by atoms with Crippen LogP contribution in [0.25, 0.3) is 6.08 Å². The van der Waals surface area contributed by atoms with Crippen LogP contribution in [0.4, 0.5) is 5.69 Å². The fraction of sp³-hybridized carbons (Fsp3) is 0.375. The molecule has 1 aliphatic heterocycles. The number of nitrogens with zero attached hydrogens (tertiary/aromatic N) is 3. The van der Waals surface area contributed by atoms with Crippen molar-refractivity contribution in [2.75, 3.05) is 25.5 Å². The van der Waals surface area contributed by atoms with Crippen LogP contribution in [0.2, 0.25) is 10.0 Å². The molecule has 1 N–H and O–H groups in total. The summed E-state index contributed by atoms with van der Waals surface area (Å²) in [5.74, 6) is -0.956. The number of nitriles is 1. The zero-order valence-corrected chi connectivity index (χ0v) is 20.3. The molecule has 2 amide bonds. The van der Waals surface area contributed by atoms with Crippen LogP contribution in [-0.2, 0) is 20.9 Å². The van der Waals surface area contributed by atoms with Crippen molar-refractivity contribution in [3.05, 3.63) is 56.8 Å². The molecule has 1 aliphatic rings. The molecule has 2 aromatic rings. The van der Waals surface area contributed by atoms with E-state index in [0.717, 1.165) is 42.9 Å². The van der Waals surface area contributed by atoms with Crippen LogP contribution in [-0.4, -0.2) is 47.6 Å². The first-order chi connectivity index (χ1) is 15.7. The number of anilines is 1. The lowest BCUT2D eigenvalue weighted by atomic mass is 10.1. The molecule has 0 bridgehead atoms. The predicted octanol–water partition coefficient (Wildman–Crippen LogP) is 4.59. The van der Waals surface area contributed by atoms with Gasteiger partial charge in [0.1, 0.15) is 11.6 Å². The maximum atomic E-state index is 12.8. The summed E-state index contributed by atoms with van der Waals surface area (Å²) in [4.78, 5) is 26.4. The number of amides is 2. The van der Waals surface area contributed by atoms with Crippen LogP contribution < -0.4 is 5.32 Å². The van der Waals surface area contributed by atoms with Crippen LogP contribution in [0.15, 0.2) is 29.8 Å². The fourth-order valence-corrected chi connectivity index (χ4v) is 4.11. The predicted molar refractivity (Wildman–Crippen MR) is 129 cm³/mol. The molecule has 1 atom stereocenters. The molecule has 0 aliphatic carbocycles. The van der Waals surface area contributed by atoms with Crippen molar-refractivity contribution in [2.24, 2.45) is 0 Å². The van der Waals surface area contributed by atoms with Gasteiger partial charge in [0, 0.05) is 37.3 Å². The van der Waals surface area contributed by atoms with E-state index in [0.29, 0.717) is 15.7 Å². The Morgan fingerprint density at radius 1 is 1.30 bits per heavy atom. The summed E-state index contributed by atoms with van der Waals surface area (Å²) in [6, 6.07) is 8.63. The molecule has 1 unspecified atom stereocenters. The van der Waals surface area contributed by atoms with Crippen molar-refractivity contribution in [1.82, 2.24) is 9.47 Å². The number of rotatable bonds is 7. The van der Waals surface area contributed by atoms with Gasteiger partial charge in [-0.15, -0.1) is 0 Å². The molecule has 7 nitrogen and oxygen atoms in total. The third kappa shape index (κ3) is 6.17. The number of ether oxygens (including phenoxy) is 1. The molecule has 0 saturated carbocycles. The third-order valence-electron chi connectivity index (χ3n) is 5.60. The average Bonchev–Trinajstić information content (AvgIpc) is 3.38. The minimum absolute atomic E-state index is 0.0443. The molecule has 33 heavy (non-hydrogen) atoms. The molecule has 1 fully saturated rings. The number of hydrogen-bond donors (Lipinski definition) is 1. The molecule has 1 aromatic carbocycles. The Hall–Kier alpha value is -2.79. The Bertz CT molecular complexity index is 1130. The first-order valence-electron chi connectivity index (χ1n) is 10.6. The first-order valence-corrected chi connectivity index (χ1v) is 11.4. The highest BCUT2D eigenvalue weighted by Crippen LogP contribution is 2.25. The maximum absolute atomic E-state index is 12.8. The second-order valence-electron chi connectivity index (χ2n) is 8.08. The molecule has 1 saturated heterocycles. The van der Waals surface area contributed by atoms with Crippen LogP contribution in [0.5, 0.6) is 0 Å². The van der Waals surface area contributed by atoms with Gasteiger partial charge in [-0.05, 0) is 62.6 Å². The van der Waals surface area contributed by atoms with E-state index >= 15 is 0 Å². The third-order valence-corrected chi connectivity index (χ3v) is 6.34. The summed E-state index contributed by atoms with van der Waals surface area (Å²) >= 11 is 11.8. The topological polar surface area (TPSA) is 87.4 Å². The van der Waals surface area contributed by atoms with E-state index in [1.807, 2.05) is 26.0 Å². The van der Waals surface area contributed by atoms with Crippen molar-refractivity contribution < 1.29 is 14.3 Å². The van der Waals surface area contributed by atoms with E-state index in [1.54, 1.807) is 18.2 Å². The number of hydrogen-bond acceptors (Lipinski definition) is 4. The Kier molecular flexibility index (Phi) is 8.20. The number of carbonyl (C=O) groups is 2. The quantitative estimate of drug-likeness (QED) is 0.455. The Balaban J connectivity index is 1.69. The van der Waals surface area contributed by atoms with Crippen LogP contribution in [0.3, 0.4) is 0 Å². The fourth-order valence-electron chi connectivity index (χ4n) is 3.81. The summed E-state index contributed by atoms with van der Waals surface area (Å²) in [5, 5.41) is 13.0. The molecule has 3 rings (SSSR count). The summed E-state index contributed by atoms with van der Waals surface area (Å²) in [6.45, 7) is 5.26. The van der Waals surface area contributed by atoms with E-state index in [-0.39, 0.29) is 18.2 Å².